The smallest absolute Gasteiger partial charge is 0.341 e. The third-order valence-electron chi connectivity index (χ3n) is 2.62. The third-order valence-corrected chi connectivity index (χ3v) is 2.62. The molecular formula is C15H12F2O2. The lowest BCUT2D eigenvalue weighted by atomic mass is 10.2. The van der Waals surface area contributed by atoms with Crippen LogP contribution in [0.5, 0.6) is 0 Å². The predicted molar refractivity (Wildman–Crippen MR) is 66.8 cm³/mol. The van der Waals surface area contributed by atoms with E-state index < -0.39 is 17.6 Å². The van der Waals surface area contributed by atoms with E-state index >= 15 is 0 Å². The Hall–Kier alpha value is -2.23. The lowest BCUT2D eigenvalue weighted by molar-refractivity contribution is 0.0504. The molecule has 0 aliphatic rings. The van der Waals surface area contributed by atoms with E-state index in [1.165, 1.54) is 0 Å². The third kappa shape index (κ3) is 3.61. The first kappa shape index (κ1) is 13.2. The van der Waals surface area contributed by atoms with Gasteiger partial charge in [-0.1, -0.05) is 30.3 Å². The summed E-state index contributed by atoms with van der Waals surface area (Å²) in [6.07, 6.45) is 0.551. The van der Waals surface area contributed by atoms with Crippen LogP contribution in [0.1, 0.15) is 15.9 Å². The Morgan fingerprint density at radius 1 is 1.05 bits per heavy atom. The maximum Gasteiger partial charge on any atom is 0.341 e. The summed E-state index contributed by atoms with van der Waals surface area (Å²) in [6.45, 7) is 0.152. The molecule has 0 aliphatic heterocycles. The predicted octanol–water partition coefficient (Wildman–Crippen LogP) is 3.36. The van der Waals surface area contributed by atoms with E-state index in [0.717, 1.165) is 17.7 Å². The maximum absolute atomic E-state index is 13.3. The van der Waals surface area contributed by atoms with Crippen molar-refractivity contribution in [1.29, 1.82) is 0 Å². The summed E-state index contributed by atoms with van der Waals surface area (Å²) in [4.78, 5) is 11.6. The topological polar surface area (TPSA) is 26.3 Å². The van der Waals surface area contributed by atoms with Gasteiger partial charge in [0, 0.05) is 12.5 Å². The van der Waals surface area contributed by atoms with Gasteiger partial charge < -0.3 is 4.74 Å². The minimum atomic E-state index is -0.912. The van der Waals surface area contributed by atoms with Gasteiger partial charge in [0.15, 0.2) is 0 Å². The highest BCUT2D eigenvalue weighted by Gasteiger charge is 2.13. The molecule has 2 aromatic rings. The summed E-state index contributed by atoms with van der Waals surface area (Å²) >= 11 is 0. The first-order chi connectivity index (χ1) is 9.16. The van der Waals surface area contributed by atoms with Crippen LogP contribution in [0, 0.1) is 11.6 Å². The van der Waals surface area contributed by atoms with Gasteiger partial charge in [-0.3, -0.25) is 0 Å². The van der Waals surface area contributed by atoms with Crippen LogP contribution in [-0.2, 0) is 11.2 Å². The number of hydrogen-bond donors (Lipinski definition) is 0. The Bertz CT molecular complexity index is 568. The molecule has 0 aromatic heterocycles. The molecule has 4 heteroatoms. The van der Waals surface area contributed by atoms with E-state index in [2.05, 4.69) is 0 Å². The number of esters is 1. The first-order valence-corrected chi connectivity index (χ1v) is 5.83. The Kier molecular flexibility index (Phi) is 4.23. The molecule has 0 N–H and O–H groups in total. The molecule has 0 fully saturated rings. The average molecular weight is 262 g/mol. The van der Waals surface area contributed by atoms with Gasteiger partial charge in [-0.25, -0.2) is 13.6 Å². The van der Waals surface area contributed by atoms with Crippen LogP contribution < -0.4 is 0 Å². The lowest BCUT2D eigenvalue weighted by Crippen LogP contribution is -2.10. The number of halogens is 2. The lowest BCUT2D eigenvalue weighted by Gasteiger charge is -2.05. The molecule has 0 saturated heterocycles. The van der Waals surface area contributed by atoms with Crippen molar-refractivity contribution in [3.63, 3.8) is 0 Å². The molecule has 98 valence electrons. The number of carbonyl (C=O) groups is 1. The minimum absolute atomic E-state index is 0.152. The van der Waals surface area contributed by atoms with Crippen LogP contribution >= 0.6 is 0 Å². The fourth-order valence-electron chi connectivity index (χ4n) is 1.64. The standard InChI is InChI=1S/C15H12F2O2/c16-12-6-7-13(14(17)10-12)15(18)19-9-8-11-4-2-1-3-5-11/h1-7,10H,8-9H2. The van der Waals surface area contributed by atoms with Crippen molar-refractivity contribution in [2.24, 2.45) is 0 Å². The van der Waals surface area contributed by atoms with Crippen molar-refractivity contribution in [3.05, 3.63) is 71.3 Å². The van der Waals surface area contributed by atoms with Crippen molar-refractivity contribution < 1.29 is 18.3 Å². The van der Waals surface area contributed by atoms with E-state index in [4.69, 9.17) is 4.74 Å². The zero-order valence-electron chi connectivity index (χ0n) is 10.1. The van der Waals surface area contributed by atoms with E-state index in [1.54, 1.807) is 0 Å². The molecule has 0 radical (unpaired) electrons. The molecule has 0 aliphatic carbocycles. The van der Waals surface area contributed by atoms with Gasteiger partial charge in [-0.05, 0) is 17.7 Å². The van der Waals surface area contributed by atoms with E-state index in [0.29, 0.717) is 12.5 Å². The van der Waals surface area contributed by atoms with Crippen molar-refractivity contribution in [2.75, 3.05) is 6.61 Å². The second-order valence-corrected chi connectivity index (χ2v) is 4.00. The summed E-state index contributed by atoms with van der Waals surface area (Å²) < 4.78 is 31.0. The average Bonchev–Trinajstić information content (AvgIpc) is 2.39. The van der Waals surface area contributed by atoms with Crippen LogP contribution in [-0.4, -0.2) is 12.6 Å². The number of carbonyl (C=O) groups excluding carboxylic acids is 1. The zero-order valence-corrected chi connectivity index (χ0v) is 10.1. The largest absolute Gasteiger partial charge is 0.462 e. The minimum Gasteiger partial charge on any atom is -0.462 e. The van der Waals surface area contributed by atoms with Gasteiger partial charge >= 0.3 is 5.97 Å². The number of ether oxygens (including phenoxy) is 1. The molecule has 0 spiro atoms. The number of benzene rings is 2. The second kappa shape index (κ2) is 6.09. The number of rotatable bonds is 4. The molecule has 0 atom stereocenters. The maximum atomic E-state index is 13.3. The summed E-state index contributed by atoms with van der Waals surface area (Å²) in [5, 5.41) is 0. The van der Waals surface area contributed by atoms with Crippen LogP contribution in [0.15, 0.2) is 48.5 Å². The Morgan fingerprint density at radius 2 is 1.79 bits per heavy atom. The zero-order chi connectivity index (χ0) is 13.7. The van der Waals surface area contributed by atoms with Crippen LogP contribution in [0.3, 0.4) is 0 Å². The van der Waals surface area contributed by atoms with Crippen molar-refractivity contribution in [3.8, 4) is 0 Å². The highest BCUT2D eigenvalue weighted by atomic mass is 19.1. The Morgan fingerprint density at radius 3 is 2.47 bits per heavy atom. The summed E-state index contributed by atoms with van der Waals surface area (Å²) in [7, 11) is 0. The van der Waals surface area contributed by atoms with Gasteiger partial charge in [-0.15, -0.1) is 0 Å². The highest BCUT2D eigenvalue weighted by Crippen LogP contribution is 2.11. The molecular weight excluding hydrogens is 250 g/mol. The quantitative estimate of drug-likeness (QED) is 0.790. The molecule has 0 bridgehead atoms. The summed E-state index contributed by atoms with van der Waals surface area (Å²) in [6, 6.07) is 12.2. The normalized spacial score (nSPS) is 10.2. The number of hydrogen-bond acceptors (Lipinski definition) is 2. The molecule has 0 amide bonds. The highest BCUT2D eigenvalue weighted by molar-refractivity contribution is 5.89. The molecule has 0 heterocycles. The summed E-state index contributed by atoms with van der Waals surface area (Å²) in [5.74, 6) is -2.42. The Balaban J connectivity index is 1.91. The monoisotopic (exact) mass is 262 g/mol. The molecule has 0 saturated carbocycles. The van der Waals surface area contributed by atoms with E-state index in [9.17, 15) is 13.6 Å². The van der Waals surface area contributed by atoms with Crippen molar-refractivity contribution in [2.45, 2.75) is 6.42 Å². The fraction of sp³-hybridized carbons (Fsp3) is 0.133. The Labute approximate surface area is 109 Å². The van der Waals surface area contributed by atoms with Crippen LogP contribution in [0.4, 0.5) is 8.78 Å². The molecule has 0 unspecified atom stereocenters. The van der Waals surface area contributed by atoms with Gasteiger partial charge in [-0.2, -0.15) is 0 Å². The molecule has 2 aromatic carbocycles. The van der Waals surface area contributed by atoms with Gasteiger partial charge in [0.2, 0.25) is 0 Å². The molecule has 19 heavy (non-hydrogen) atoms. The van der Waals surface area contributed by atoms with Crippen LogP contribution in [0.25, 0.3) is 0 Å². The molecule has 2 rings (SSSR count). The fourth-order valence-corrected chi connectivity index (χ4v) is 1.64. The van der Waals surface area contributed by atoms with Crippen molar-refractivity contribution >= 4 is 5.97 Å². The second-order valence-electron chi connectivity index (χ2n) is 4.00. The molecule has 2 nitrogen and oxygen atoms in total. The first-order valence-electron chi connectivity index (χ1n) is 5.83. The van der Waals surface area contributed by atoms with Gasteiger partial charge in [0.1, 0.15) is 11.6 Å². The van der Waals surface area contributed by atoms with E-state index in [-0.39, 0.29) is 12.2 Å². The van der Waals surface area contributed by atoms with Gasteiger partial charge in [0.05, 0.1) is 12.2 Å². The van der Waals surface area contributed by atoms with Crippen LogP contribution in [0.2, 0.25) is 0 Å². The SMILES string of the molecule is O=C(OCCc1ccccc1)c1ccc(F)cc1F. The van der Waals surface area contributed by atoms with Gasteiger partial charge in [0.25, 0.3) is 0 Å². The summed E-state index contributed by atoms with van der Waals surface area (Å²) in [5.41, 5.74) is 0.768. The van der Waals surface area contributed by atoms with Crippen molar-refractivity contribution in [1.82, 2.24) is 0 Å². The van der Waals surface area contributed by atoms with E-state index in [1.807, 2.05) is 30.3 Å².